The van der Waals surface area contributed by atoms with Gasteiger partial charge >= 0.3 is 5.97 Å². The Bertz CT molecular complexity index is 577. The Labute approximate surface area is 105 Å². The lowest BCUT2D eigenvalue weighted by Crippen LogP contribution is -2.07. The van der Waals surface area contributed by atoms with Crippen LogP contribution in [0.15, 0.2) is 16.9 Å². The van der Waals surface area contributed by atoms with Crippen LogP contribution in [0.4, 0.5) is 0 Å². The van der Waals surface area contributed by atoms with Crippen molar-refractivity contribution in [3.8, 4) is 5.95 Å². The Morgan fingerprint density at radius 2 is 1.94 bits per heavy atom. The summed E-state index contributed by atoms with van der Waals surface area (Å²) in [6.07, 6.45) is 2.52. The summed E-state index contributed by atoms with van der Waals surface area (Å²) >= 11 is 3.40. The highest BCUT2D eigenvalue weighted by Gasteiger charge is 2.12. The lowest BCUT2D eigenvalue weighted by atomic mass is 10.3. The minimum atomic E-state index is -1.05. The van der Waals surface area contributed by atoms with Crippen LogP contribution in [0.25, 0.3) is 5.95 Å². The van der Waals surface area contributed by atoms with E-state index < -0.39 is 5.97 Å². The van der Waals surface area contributed by atoms with Crippen molar-refractivity contribution in [2.45, 2.75) is 13.8 Å². The van der Waals surface area contributed by atoms with Crippen molar-refractivity contribution in [1.82, 2.24) is 19.7 Å². The topological polar surface area (TPSA) is 80.9 Å². The van der Waals surface area contributed by atoms with Crippen molar-refractivity contribution in [3.05, 3.63) is 33.8 Å². The molecule has 0 aliphatic rings. The van der Waals surface area contributed by atoms with E-state index >= 15 is 0 Å². The van der Waals surface area contributed by atoms with E-state index in [1.54, 1.807) is 4.68 Å². The molecule has 0 fully saturated rings. The second-order valence-electron chi connectivity index (χ2n) is 3.47. The van der Waals surface area contributed by atoms with Gasteiger partial charge in [-0.3, -0.25) is 0 Å². The van der Waals surface area contributed by atoms with Gasteiger partial charge in [-0.15, -0.1) is 0 Å². The molecule has 0 amide bonds. The predicted molar refractivity (Wildman–Crippen MR) is 63.3 cm³/mol. The third kappa shape index (κ3) is 2.05. The number of rotatable bonds is 2. The molecule has 7 heteroatoms. The molecule has 2 aromatic heterocycles. The SMILES string of the molecule is Cc1nn(-c2ncc(C(=O)O)cn2)c(C)c1Br. The van der Waals surface area contributed by atoms with Gasteiger partial charge in [0.05, 0.1) is 21.4 Å². The van der Waals surface area contributed by atoms with E-state index in [2.05, 4.69) is 31.0 Å². The van der Waals surface area contributed by atoms with Gasteiger partial charge in [0, 0.05) is 12.4 Å². The van der Waals surface area contributed by atoms with Crippen LogP contribution in [-0.4, -0.2) is 30.8 Å². The highest BCUT2D eigenvalue weighted by Crippen LogP contribution is 2.21. The predicted octanol–water partition coefficient (Wildman–Crippen LogP) is 1.74. The van der Waals surface area contributed by atoms with Crippen molar-refractivity contribution >= 4 is 21.9 Å². The maximum atomic E-state index is 10.7. The van der Waals surface area contributed by atoms with E-state index in [1.807, 2.05) is 13.8 Å². The highest BCUT2D eigenvalue weighted by atomic mass is 79.9. The Hall–Kier alpha value is -1.76. The zero-order valence-electron chi connectivity index (χ0n) is 9.18. The molecule has 1 N–H and O–H groups in total. The van der Waals surface area contributed by atoms with Crippen LogP contribution < -0.4 is 0 Å². The molecule has 0 bridgehead atoms. The van der Waals surface area contributed by atoms with Crippen LogP contribution in [0.2, 0.25) is 0 Å². The Kier molecular flexibility index (Phi) is 2.93. The molecule has 0 aliphatic carbocycles. The maximum Gasteiger partial charge on any atom is 0.338 e. The lowest BCUT2D eigenvalue weighted by molar-refractivity contribution is 0.0696. The summed E-state index contributed by atoms with van der Waals surface area (Å²) in [7, 11) is 0. The number of aromatic nitrogens is 4. The second-order valence-corrected chi connectivity index (χ2v) is 4.27. The molecule has 0 spiro atoms. The second kappa shape index (κ2) is 4.25. The molecule has 6 nitrogen and oxygen atoms in total. The van der Waals surface area contributed by atoms with Crippen molar-refractivity contribution in [1.29, 1.82) is 0 Å². The van der Waals surface area contributed by atoms with Gasteiger partial charge in [0.2, 0.25) is 0 Å². The summed E-state index contributed by atoms with van der Waals surface area (Å²) in [6.45, 7) is 3.73. The van der Waals surface area contributed by atoms with E-state index in [0.717, 1.165) is 15.9 Å². The van der Waals surface area contributed by atoms with Gasteiger partial charge in [0.15, 0.2) is 0 Å². The van der Waals surface area contributed by atoms with Gasteiger partial charge in [-0.05, 0) is 29.8 Å². The molecule has 2 aromatic rings. The first-order chi connectivity index (χ1) is 8.00. The first kappa shape index (κ1) is 11.7. The standard InChI is InChI=1S/C10H9BrN4O2/c1-5-8(11)6(2)15(14-5)10-12-3-7(4-13-10)9(16)17/h3-4H,1-2H3,(H,16,17). The van der Waals surface area contributed by atoms with Crippen LogP contribution in [-0.2, 0) is 0 Å². The zero-order chi connectivity index (χ0) is 12.6. The average Bonchev–Trinajstić information content (AvgIpc) is 2.57. The van der Waals surface area contributed by atoms with Crippen LogP contribution in [0, 0.1) is 13.8 Å². The largest absolute Gasteiger partial charge is 0.478 e. The van der Waals surface area contributed by atoms with Crippen molar-refractivity contribution < 1.29 is 9.90 Å². The van der Waals surface area contributed by atoms with Gasteiger partial charge < -0.3 is 5.11 Å². The normalized spacial score (nSPS) is 10.5. The molecule has 0 radical (unpaired) electrons. The van der Waals surface area contributed by atoms with Crippen LogP contribution in [0.5, 0.6) is 0 Å². The molecular weight excluding hydrogens is 288 g/mol. The fraction of sp³-hybridized carbons (Fsp3) is 0.200. The molecule has 88 valence electrons. The van der Waals surface area contributed by atoms with Gasteiger partial charge in [-0.2, -0.15) is 5.10 Å². The fourth-order valence-electron chi connectivity index (χ4n) is 1.36. The van der Waals surface area contributed by atoms with E-state index in [-0.39, 0.29) is 5.56 Å². The molecule has 2 heterocycles. The molecule has 0 saturated heterocycles. The minimum Gasteiger partial charge on any atom is -0.478 e. The van der Waals surface area contributed by atoms with Gasteiger partial charge in [-0.25, -0.2) is 19.4 Å². The molecule has 2 rings (SSSR count). The first-order valence-electron chi connectivity index (χ1n) is 4.78. The number of hydrogen-bond acceptors (Lipinski definition) is 4. The maximum absolute atomic E-state index is 10.7. The zero-order valence-corrected chi connectivity index (χ0v) is 10.8. The quantitative estimate of drug-likeness (QED) is 0.913. The van der Waals surface area contributed by atoms with Crippen molar-refractivity contribution in [3.63, 3.8) is 0 Å². The summed E-state index contributed by atoms with van der Waals surface area (Å²) < 4.78 is 2.45. The molecule has 0 aliphatic heterocycles. The van der Waals surface area contributed by atoms with E-state index in [9.17, 15) is 4.79 Å². The molecular formula is C10H9BrN4O2. The van der Waals surface area contributed by atoms with Crippen molar-refractivity contribution in [2.75, 3.05) is 0 Å². The van der Waals surface area contributed by atoms with Gasteiger partial charge in [0.25, 0.3) is 5.95 Å². The monoisotopic (exact) mass is 296 g/mol. The molecule has 17 heavy (non-hydrogen) atoms. The average molecular weight is 297 g/mol. The number of hydrogen-bond donors (Lipinski definition) is 1. The number of carboxylic acids is 1. The number of carbonyl (C=O) groups is 1. The lowest BCUT2D eigenvalue weighted by Gasteiger charge is -2.01. The Morgan fingerprint density at radius 1 is 1.35 bits per heavy atom. The number of aryl methyl sites for hydroxylation is 1. The smallest absolute Gasteiger partial charge is 0.338 e. The third-order valence-electron chi connectivity index (χ3n) is 2.28. The Balaban J connectivity index is 2.47. The molecule has 0 atom stereocenters. The molecule has 0 aromatic carbocycles. The number of aromatic carboxylic acids is 1. The van der Waals surface area contributed by atoms with Gasteiger partial charge in [-0.1, -0.05) is 0 Å². The highest BCUT2D eigenvalue weighted by molar-refractivity contribution is 9.10. The fourth-order valence-corrected chi connectivity index (χ4v) is 1.61. The first-order valence-corrected chi connectivity index (χ1v) is 5.57. The summed E-state index contributed by atoms with van der Waals surface area (Å²) in [5, 5.41) is 13.0. The minimum absolute atomic E-state index is 0.0503. The summed E-state index contributed by atoms with van der Waals surface area (Å²) in [5.74, 6) is -0.701. The van der Waals surface area contributed by atoms with E-state index in [0.29, 0.717) is 5.95 Å². The molecule has 0 saturated carbocycles. The third-order valence-corrected chi connectivity index (χ3v) is 3.43. The number of carboxylic acid groups (broad SMARTS) is 1. The van der Waals surface area contributed by atoms with E-state index in [4.69, 9.17) is 5.11 Å². The summed E-state index contributed by atoms with van der Waals surface area (Å²) in [5.41, 5.74) is 1.74. The van der Waals surface area contributed by atoms with Crippen LogP contribution in [0.1, 0.15) is 21.7 Å². The summed E-state index contributed by atoms with van der Waals surface area (Å²) in [6, 6.07) is 0. The van der Waals surface area contributed by atoms with Crippen LogP contribution in [0.3, 0.4) is 0 Å². The Morgan fingerprint density at radius 3 is 2.35 bits per heavy atom. The van der Waals surface area contributed by atoms with Crippen LogP contribution >= 0.6 is 15.9 Å². The number of halogens is 1. The van der Waals surface area contributed by atoms with Crippen molar-refractivity contribution in [2.24, 2.45) is 0 Å². The molecule has 0 unspecified atom stereocenters. The van der Waals surface area contributed by atoms with E-state index in [1.165, 1.54) is 12.4 Å². The summed E-state index contributed by atoms with van der Waals surface area (Å²) in [4.78, 5) is 18.6. The van der Waals surface area contributed by atoms with Gasteiger partial charge in [0.1, 0.15) is 0 Å². The number of nitrogens with zero attached hydrogens (tertiary/aromatic N) is 4.